The molecular weight excluding hydrogens is 388 g/mol. The highest BCUT2D eigenvalue weighted by Crippen LogP contribution is 2.19. The Morgan fingerprint density at radius 1 is 1.16 bits per heavy atom. The first kappa shape index (κ1) is 18.5. The van der Waals surface area contributed by atoms with E-state index in [1.807, 2.05) is 19.1 Å². The van der Waals surface area contributed by atoms with Crippen LogP contribution in [0.4, 0.5) is 5.69 Å². The lowest BCUT2D eigenvalue weighted by Gasteiger charge is -2.09. The van der Waals surface area contributed by atoms with Gasteiger partial charge in [-0.25, -0.2) is 4.79 Å². The molecule has 2 aromatic carbocycles. The minimum absolute atomic E-state index is 0.323. The van der Waals surface area contributed by atoms with Crippen molar-refractivity contribution in [2.24, 2.45) is 0 Å². The molecule has 0 saturated carbocycles. The average Bonchev–Trinajstić information content (AvgIpc) is 2.61. The number of rotatable bonds is 6. The Labute approximate surface area is 153 Å². The maximum Gasteiger partial charge on any atom is 0.344 e. The topological polar surface area (TPSA) is 88.4 Å². The number of nitriles is 1. The zero-order valence-electron chi connectivity index (χ0n) is 13.4. The van der Waals surface area contributed by atoms with Crippen molar-refractivity contribution in [1.82, 2.24) is 0 Å². The van der Waals surface area contributed by atoms with Gasteiger partial charge in [0.05, 0.1) is 11.6 Å². The number of amides is 1. The van der Waals surface area contributed by atoms with E-state index in [0.717, 1.165) is 10.0 Å². The van der Waals surface area contributed by atoms with Crippen LogP contribution in [0.3, 0.4) is 0 Å². The first-order valence-corrected chi connectivity index (χ1v) is 8.12. The molecule has 0 fully saturated rings. The second kappa shape index (κ2) is 8.85. The van der Waals surface area contributed by atoms with E-state index < -0.39 is 18.5 Å². The van der Waals surface area contributed by atoms with Crippen molar-refractivity contribution in [2.75, 3.05) is 18.5 Å². The summed E-state index contributed by atoms with van der Waals surface area (Å²) >= 11 is 3.38. The zero-order chi connectivity index (χ0) is 18.2. The summed E-state index contributed by atoms with van der Waals surface area (Å²) in [7, 11) is 0. The van der Waals surface area contributed by atoms with Crippen molar-refractivity contribution < 1.29 is 19.1 Å². The van der Waals surface area contributed by atoms with Crippen LogP contribution in [0.1, 0.15) is 11.1 Å². The quantitative estimate of drug-likeness (QED) is 0.749. The van der Waals surface area contributed by atoms with Gasteiger partial charge in [0, 0.05) is 10.2 Å². The van der Waals surface area contributed by atoms with Crippen LogP contribution in [0.25, 0.3) is 0 Å². The molecule has 1 N–H and O–H groups in total. The molecular formula is C18H15BrN2O4. The molecule has 0 spiro atoms. The maximum absolute atomic E-state index is 11.8. The van der Waals surface area contributed by atoms with Crippen molar-refractivity contribution in [1.29, 1.82) is 5.26 Å². The number of nitrogens with one attached hydrogen (secondary N) is 1. The van der Waals surface area contributed by atoms with Gasteiger partial charge in [0.15, 0.2) is 13.2 Å². The van der Waals surface area contributed by atoms with E-state index >= 15 is 0 Å². The van der Waals surface area contributed by atoms with Gasteiger partial charge in [-0.1, -0.05) is 15.9 Å². The number of hydrogen-bond acceptors (Lipinski definition) is 5. The predicted octanol–water partition coefficient (Wildman–Crippen LogP) is 3.19. The zero-order valence-corrected chi connectivity index (χ0v) is 15.0. The van der Waals surface area contributed by atoms with Crippen LogP contribution < -0.4 is 10.1 Å². The molecule has 7 heteroatoms. The number of ether oxygens (including phenoxy) is 2. The van der Waals surface area contributed by atoms with Gasteiger partial charge in [-0.05, 0) is 55.0 Å². The highest BCUT2D eigenvalue weighted by Gasteiger charge is 2.09. The number of benzene rings is 2. The lowest BCUT2D eigenvalue weighted by atomic mass is 10.2. The first-order chi connectivity index (χ1) is 12.0. The molecule has 0 unspecified atom stereocenters. The molecule has 0 atom stereocenters. The number of anilines is 1. The molecule has 6 nitrogen and oxygen atoms in total. The molecule has 2 rings (SSSR count). The third kappa shape index (κ3) is 5.94. The van der Waals surface area contributed by atoms with E-state index in [-0.39, 0.29) is 6.61 Å². The number of nitrogens with zero attached hydrogens (tertiary/aromatic N) is 1. The molecule has 0 aliphatic carbocycles. The maximum atomic E-state index is 11.8. The summed E-state index contributed by atoms with van der Waals surface area (Å²) < 4.78 is 11.0. The number of carbonyl (C=O) groups excluding carboxylic acids is 2. The molecule has 2 aromatic rings. The minimum atomic E-state index is -0.661. The minimum Gasteiger partial charge on any atom is -0.482 e. The monoisotopic (exact) mass is 402 g/mol. The summed E-state index contributed by atoms with van der Waals surface area (Å²) in [6.45, 7) is 1.18. The van der Waals surface area contributed by atoms with Gasteiger partial charge < -0.3 is 14.8 Å². The van der Waals surface area contributed by atoms with Crippen LogP contribution in [0, 0.1) is 18.3 Å². The highest BCUT2D eigenvalue weighted by molar-refractivity contribution is 9.10. The van der Waals surface area contributed by atoms with Gasteiger partial charge in [0.1, 0.15) is 5.75 Å². The van der Waals surface area contributed by atoms with Crippen molar-refractivity contribution >= 4 is 33.5 Å². The third-order valence-corrected chi connectivity index (χ3v) is 4.04. The van der Waals surface area contributed by atoms with E-state index in [2.05, 4.69) is 21.2 Å². The Kier molecular flexibility index (Phi) is 6.54. The Hall–Kier alpha value is -2.85. The van der Waals surface area contributed by atoms with Crippen LogP contribution in [0.15, 0.2) is 46.9 Å². The van der Waals surface area contributed by atoms with Crippen molar-refractivity contribution in [3.63, 3.8) is 0 Å². The van der Waals surface area contributed by atoms with Gasteiger partial charge in [-0.2, -0.15) is 5.26 Å². The van der Waals surface area contributed by atoms with Gasteiger partial charge >= 0.3 is 5.97 Å². The van der Waals surface area contributed by atoms with E-state index in [1.54, 1.807) is 36.4 Å². The molecule has 0 saturated heterocycles. The van der Waals surface area contributed by atoms with Crippen LogP contribution in [-0.2, 0) is 14.3 Å². The number of aryl methyl sites for hydroxylation is 1. The molecule has 0 aliphatic heterocycles. The molecule has 0 radical (unpaired) electrons. The number of carbonyl (C=O) groups is 2. The fourth-order valence-corrected chi connectivity index (χ4v) is 2.12. The normalized spacial score (nSPS) is 9.80. The number of halogens is 1. The first-order valence-electron chi connectivity index (χ1n) is 7.32. The summed E-state index contributed by atoms with van der Waals surface area (Å²) in [5.41, 5.74) is 2.09. The van der Waals surface area contributed by atoms with Crippen LogP contribution in [0.2, 0.25) is 0 Å². The molecule has 0 heterocycles. The number of esters is 1. The molecule has 25 heavy (non-hydrogen) atoms. The largest absolute Gasteiger partial charge is 0.482 e. The van der Waals surface area contributed by atoms with E-state index in [9.17, 15) is 9.59 Å². The molecule has 128 valence electrons. The second-order valence-electron chi connectivity index (χ2n) is 5.10. The Bertz CT molecular complexity index is 813. The van der Waals surface area contributed by atoms with Gasteiger partial charge in [-0.15, -0.1) is 0 Å². The van der Waals surface area contributed by atoms with Gasteiger partial charge in [0.25, 0.3) is 5.91 Å². The summed E-state index contributed by atoms with van der Waals surface area (Å²) in [6, 6.07) is 13.7. The van der Waals surface area contributed by atoms with Crippen molar-refractivity contribution in [3.05, 3.63) is 58.1 Å². The molecule has 0 aliphatic rings. The molecule has 0 aromatic heterocycles. The van der Waals surface area contributed by atoms with Gasteiger partial charge in [-0.3, -0.25) is 4.79 Å². The molecule has 1 amide bonds. The van der Waals surface area contributed by atoms with Crippen molar-refractivity contribution in [2.45, 2.75) is 6.92 Å². The fourth-order valence-electron chi connectivity index (χ4n) is 1.88. The lowest BCUT2D eigenvalue weighted by molar-refractivity contribution is -0.149. The Balaban J connectivity index is 1.74. The standard InChI is InChI=1S/C18H15BrN2O4/c1-12-8-14(4-7-16(12)19)21-17(22)10-25-18(23)11-24-15-5-2-13(9-20)3-6-15/h2-8H,10-11H2,1H3,(H,21,22). The summed E-state index contributed by atoms with van der Waals surface area (Å²) in [5, 5.41) is 11.3. The van der Waals surface area contributed by atoms with Crippen LogP contribution in [-0.4, -0.2) is 25.1 Å². The lowest BCUT2D eigenvalue weighted by Crippen LogP contribution is -2.23. The SMILES string of the molecule is Cc1cc(NC(=O)COC(=O)COc2ccc(C#N)cc2)ccc1Br. The number of hydrogen-bond donors (Lipinski definition) is 1. The van der Waals surface area contributed by atoms with Crippen LogP contribution in [0.5, 0.6) is 5.75 Å². The van der Waals surface area contributed by atoms with E-state index in [0.29, 0.717) is 17.0 Å². The molecule has 0 bridgehead atoms. The summed E-state index contributed by atoms with van der Waals surface area (Å²) in [4.78, 5) is 23.4. The van der Waals surface area contributed by atoms with Crippen LogP contribution >= 0.6 is 15.9 Å². The Morgan fingerprint density at radius 3 is 2.52 bits per heavy atom. The summed E-state index contributed by atoms with van der Waals surface area (Å²) in [5.74, 6) is -0.661. The van der Waals surface area contributed by atoms with E-state index in [4.69, 9.17) is 14.7 Å². The third-order valence-electron chi connectivity index (χ3n) is 3.15. The average molecular weight is 403 g/mol. The van der Waals surface area contributed by atoms with E-state index in [1.165, 1.54) is 0 Å². The Morgan fingerprint density at radius 2 is 1.88 bits per heavy atom. The summed E-state index contributed by atoms with van der Waals surface area (Å²) in [6.07, 6.45) is 0. The smallest absolute Gasteiger partial charge is 0.344 e. The predicted molar refractivity (Wildman–Crippen MR) is 95.1 cm³/mol. The van der Waals surface area contributed by atoms with Crippen molar-refractivity contribution in [3.8, 4) is 11.8 Å². The fraction of sp³-hybridized carbons (Fsp3) is 0.167. The second-order valence-corrected chi connectivity index (χ2v) is 5.95. The van der Waals surface area contributed by atoms with Gasteiger partial charge in [0.2, 0.25) is 0 Å². The highest BCUT2D eigenvalue weighted by atomic mass is 79.9.